The molecule has 1 aromatic carbocycles. The lowest BCUT2D eigenvalue weighted by molar-refractivity contribution is -0.290. The first-order chi connectivity index (χ1) is 15.2. The third kappa shape index (κ3) is 8.10. The third-order valence-electron chi connectivity index (χ3n) is 5.45. The Morgan fingerprint density at radius 2 is 1.62 bits per heavy atom. The number of benzene rings is 1. The lowest BCUT2D eigenvalue weighted by Crippen LogP contribution is -2.57. The maximum absolute atomic E-state index is 11.7. The highest BCUT2D eigenvalue weighted by Gasteiger charge is 2.47. The Balaban J connectivity index is 1.89. The summed E-state index contributed by atoms with van der Waals surface area (Å²) in [5.74, 6) is -0.119. The number of hydrogen-bond donors (Lipinski definition) is 0. The fourth-order valence-corrected chi connectivity index (χ4v) is 3.96. The number of esters is 2. The molecular weight excluding hydrogens is 412 g/mol. The van der Waals surface area contributed by atoms with E-state index in [9.17, 15) is 9.59 Å². The van der Waals surface area contributed by atoms with E-state index in [-0.39, 0.29) is 18.1 Å². The van der Waals surface area contributed by atoms with Crippen LogP contribution in [0.25, 0.3) is 0 Å². The van der Waals surface area contributed by atoms with Crippen LogP contribution in [0.2, 0.25) is 0 Å². The van der Waals surface area contributed by atoms with E-state index in [1.165, 1.54) is 19.4 Å². The summed E-state index contributed by atoms with van der Waals surface area (Å²) in [6, 6.07) is 8.15. The highest BCUT2D eigenvalue weighted by molar-refractivity contribution is 5.67. The van der Waals surface area contributed by atoms with E-state index < -0.39 is 30.4 Å². The number of carbonyl (C=O) groups excluding carboxylic acids is 2. The van der Waals surface area contributed by atoms with Crippen LogP contribution >= 0.6 is 0 Å². The standard InChI is InChI=1S/C25H38O7/c1-7-22-17(4)23(30-18(5)26)24(31-19(6)27)25(32-22)28-15-9-8-10-20-11-13-21(14-12-20)29-16(2)3/h11-14,16-17,22-25H,7-10,15H2,1-6H3/t17-,22-,23+,24-,25-/m1/s1. The maximum atomic E-state index is 11.7. The minimum atomic E-state index is -0.789. The summed E-state index contributed by atoms with van der Waals surface area (Å²) in [4.78, 5) is 23.3. The molecule has 7 nitrogen and oxygen atoms in total. The molecule has 1 aliphatic heterocycles. The van der Waals surface area contributed by atoms with Gasteiger partial charge in [-0.3, -0.25) is 9.59 Å². The van der Waals surface area contributed by atoms with Crippen molar-refractivity contribution in [2.24, 2.45) is 5.92 Å². The van der Waals surface area contributed by atoms with Crippen LogP contribution in [-0.2, 0) is 35.0 Å². The summed E-state index contributed by atoms with van der Waals surface area (Å²) in [6.45, 7) is 11.1. The maximum Gasteiger partial charge on any atom is 0.303 e. The van der Waals surface area contributed by atoms with Gasteiger partial charge in [0.05, 0.1) is 12.2 Å². The van der Waals surface area contributed by atoms with Gasteiger partial charge >= 0.3 is 11.9 Å². The molecule has 0 aromatic heterocycles. The smallest absolute Gasteiger partial charge is 0.303 e. The minimum absolute atomic E-state index is 0.115. The molecule has 1 heterocycles. The van der Waals surface area contributed by atoms with Crippen molar-refractivity contribution in [3.8, 4) is 5.75 Å². The summed E-state index contributed by atoms with van der Waals surface area (Å²) >= 11 is 0. The molecule has 0 N–H and O–H groups in total. The van der Waals surface area contributed by atoms with Crippen molar-refractivity contribution in [1.29, 1.82) is 0 Å². The van der Waals surface area contributed by atoms with Gasteiger partial charge in [-0.05, 0) is 57.2 Å². The molecule has 1 aliphatic rings. The molecular formula is C25H38O7. The van der Waals surface area contributed by atoms with Crippen molar-refractivity contribution in [2.75, 3.05) is 6.61 Å². The SMILES string of the molecule is CC[C@H]1O[C@@H](OCCCCc2ccc(OC(C)C)cc2)[C@H](OC(C)=O)[C@@H](OC(C)=O)[C@@H]1C. The zero-order valence-electron chi connectivity index (χ0n) is 20.2. The van der Waals surface area contributed by atoms with Crippen LogP contribution in [0.3, 0.4) is 0 Å². The van der Waals surface area contributed by atoms with Gasteiger partial charge in [0, 0.05) is 26.4 Å². The van der Waals surface area contributed by atoms with Crippen molar-refractivity contribution in [3.05, 3.63) is 29.8 Å². The molecule has 1 fully saturated rings. The lowest BCUT2D eigenvalue weighted by Gasteiger charge is -2.43. The Morgan fingerprint density at radius 1 is 1.00 bits per heavy atom. The molecule has 0 unspecified atom stereocenters. The Bertz CT molecular complexity index is 716. The number of carbonyl (C=O) groups is 2. The highest BCUT2D eigenvalue weighted by Crippen LogP contribution is 2.32. The van der Waals surface area contributed by atoms with Crippen molar-refractivity contribution in [1.82, 2.24) is 0 Å². The van der Waals surface area contributed by atoms with E-state index in [0.29, 0.717) is 6.61 Å². The van der Waals surface area contributed by atoms with E-state index in [4.69, 9.17) is 23.7 Å². The average molecular weight is 451 g/mol. The molecule has 180 valence electrons. The van der Waals surface area contributed by atoms with Crippen molar-refractivity contribution < 1.29 is 33.3 Å². The monoisotopic (exact) mass is 450 g/mol. The number of ether oxygens (including phenoxy) is 5. The first-order valence-corrected chi connectivity index (χ1v) is 11.6. The fraction of sp³-hybridized carbons (Fsp3) is 0.680. The van der Waals surface area contributed by atoms with Gasteiger partial charge in [-0.1, -0.05) is 26.0 Å². The molecule has 5 atom stereocenters. The lowest BCUT2D eigenvalue weighted by atomic mass is 9.89. The predicted molar refractivity (Wildman–Crippen MR) is 120 cm³/mol. The summed E-state index contributed by atoms with van der Waals surface area (Å²) in [5, 5.41) is 0. The minimum Gasteiger partial charge on any atom is -0.491 e. The fourth-order valence-electron chi connectivity index (χ4n) is 3.96. The highest BCUT2D eigenvalue weighted by atomic mass is 16.7. The van der Waals surface area contributed by atoms with Crippen molar-refractivity contribution >= 4 is 11.9 Å². The van der Waals surface area contributed by atoms with Gasteiger partial charge in [-0.25, -0.2) is 0 Å². The molecule has 0 amide bonds. The quantitative estimate of drug-likeness (QED) is 0.364. The first kappa shape index (κ1) is 26.1. The van der Waals surface area contributed by atoms with E-state index in [0.717, 1.165) is 31.4 Å². The summed E-state index contributed by atoms with van der Waals surface area (Å²) in [5.41, 5.74) is 1.24. The van der Waals surface area contributed by atoms with E-state index >= 15 is 0 Å². The van der Waals surface area contributed by atoms with Crippen molar-refractivity contribution in [2.45, 2.75) is 97.9 Å². The number of rotatable bonds is 11. The number of aryl methyl sites for hydroxylation is 1. The largest absolute Gasteiger partial charge is 0.491 e. The van der Waals surface area contributed by atoms with Crippen LogP contribution in [0.5, 0.6) is 5.75 Å². The second kappa shape index (κ2) is 12.8. The second-order valence-corrected chi connectivity index (χ2v) is 8.60. The van der Waals surface area contributed by atoms with Crippen LogP contribution in [0, 0.1) is 5.92 Å². The predicted octanol–water partition coefficient (Wildman–Crippen LogP) is 4.45. The molecule has 32 heavy (non-hydrogen) atoms. The Kier molecular flexibility index (Phi) is 10.5. The zero-order valence-corrected chi connectivity index (χ0v) is 20.2. The van der Waals surface area contributed by atoms with Crippen LogP contribution < -0.4 is 4.74 Å². The van der Waals surface area contributed by atoms with Gasteiger partial charge < -0.3 is 23.7 Å². The zero-order chi connectivity index (χ0) is 23.7. The normalized spacial score (nSPS) is 25.4. The molecule has 0 radical (unpaired) electrons. The van der Waals surface area contributed by atoms with Crippen LogP contribution in [0.1, 0.15) is 66.4 Å². The molecule has 2 rings (SSSR count). The molecule has 0 aliphatic carbocycles. The molecule has 0 bridgehead atoms. The van der Waals surface area contributed by atoms with E-state index in [1.54, 1.807) is 0 Å². The Morgan fingerprint density at radius 3 is 2.19 bits per heavy atom. The number of unbranched alkanes of at least 4 members (excludes halogenated alkanes) is 1. The average Bonchev–Trinajstić information content (AvgIpc) is 2.72. The molecule has 0 saturated carbocycles. The summed E-state index contributed by atoms with van der Waals surface area (Å²) in [6.07, 6.45) is 1.27. The van der Waals surface area contributed by atoms with E-state index in [1.807, 2.05) is 39.8 Å². The van der Waals surface area contributed by atoms with Gasteiger partial charge in [0.2, 0.25) is 0 Å². The van der Waals surface area contributed by atoms with E-state index in [2.05, 4.69) is 12.1 Å². The second-order valence-electron chi connectivity index (χ2n) is 8.60. The Labute approximate surface area is 191 Å². The Hall–Kier alpha value is -2.12. The molecule has 1 saturated heterocycles. The van der Waals surface area contributed by atoms with Gasteiger partial charge in [0.1, 0.15) is 11.9 Å². The van der Waals surface area contributed by atoms with Gasteiger partial charge in [0.15, 0.2) is 12.4 Å². The molecule has 0 spiro atoms. The summed E-state index contributed by atoms with van der Waals surface area (Å²) in [7, 11) is 0. The van der Waals surface area contributed by atoms with Crippen molar-refractivity contribution in [3.63, 3.8) is 0 Å². The van der Waals surface area contributed by atoms with Gasteiger partial charge in [-0.15, -0.1) is 0 Å². The first-order valence-electron chi connectivity index (χ1n) is 11.6. The van der Waals surface area contributed by atoms with Crippen LogP contribution in [-0.4, -0.2) is 49.3 Å². The summed E-state index contributed by atoms with van der Waals surface area (Å²) < 4.78 is 28.7. The van der Waals surface area contributed by atoms with Gasteiger partial charge in [0.25, 0.3) is 0 Å². The third-order valence-corrected chi connectivity index (χ3v) is 5.45. The molecule has 1 aromatic rings. The van der Waals surface area contributed by atoms with Crippen LogP contribution in [0.4, 0.5) is 0 Å². The number of hydrogen-bond acceptors (Lipinski definition) is 7. The molecule has 7 heteroatoms. The van der Waals surface area contributed by atoms with Crippen LogP contribution in [0.15, 0.2) is 24.3 Å². The van der Waals surface area contributed by atoms with Gasteiger partial charge in [-0.2, -0.15) is 0 Å². The topological polar surface area (TPSA) is 80.3 Å².